The van der Waals surface area contributed by atoms with Gasteiger partial charge in [0.05, 0.1) is 6.54 Å². The monoisotopic (exact) mass is 266 g/mol. The molecular formula is C14H26N4O. The van der Waals surface area contributed by atoms with Crippen molar-refractivity contribution in [3.05, 3.63) is 5.89 Å². The average Bonchev–Trinajstić information content (AvgIpc) is 3.06. The second-order valence-electron chi connectivity index (χ2n) is 5.40. The van der Waals surface area contributed by atoms with Gasteiger partial charge in [-0.25, -0.2) is 0 Å². The maximum Gasteiger partial charge on any atom is 0.315 e. The van der Waals surface area contributed by atoms with Crippen LogP contribution in [0.5, 0.6) is 0 Å². The van der Waals surface area contributed by atoms with Crippen LogP contribution in [-0.4, -0.2) is 23.3 Å². The minimum atomic E-state index is 0.555. The Labute approximate surface area is 115 Å². The molecular weight excluding hydrogens is 240 g/mol. The van der Waals surface area contributed by atoms with Crippen molar-refractivity contribution in [2.75, 3.05) is 18.4 Å². The summed E-state index contributed by atoms with van der Waals surface area (Å²) in [6, 6.07) is 0.555. The zero-order chi connectivity index (χ0) is 13.3. The van der Waals surface area contributed by atoms with Gasteiger partial charge < -0.3 is 15.1 Å². The van der Waals surface area contributed by atoms with Gasteiger partial charge in [-0.3, -0.25) is 0 Å². The van der Waals surface area contributed by atoms with Gasteiger partial charge >= 0.3 is 6.01 Å². The largest absolute Gasteiger partial charge is 0.407 e. The first-order valence-corrected chi connectivity index (χ1v) is 7.65. The third-order valence-corrected chi connectivity index (χ3v) is 3.71. The van der Waals surface area contributed by atoms with Gasteiger partial charge in [0.1, 0.15) is 0 Å². The minimum Gasteiger partial charge on any atom is -0.407 e. The smallest absolute Gasteiger partial charge is 0.315 e. The minimum absolute atomic E-state index is 0.555. The fraction of sp³-hybridized carbons (Fsp3) is 0.857. The van der Waals surface area contributed by atoms with E-state index in [1.807, 2.05) is 0 Å². The first kappa shape index (κ1) is 14.3. The highest BCUT2D eigenvalue weighted by atomic mass is 16.4. The van der Waals surface area contributed by atoms with E-state index in [1.54, 1.807) is 0 Å². The van der Waals surface area contributed by atoms with E-state index in [0.717, 1.165) is 25.4 Å². The molecule has 0 radical (unpaired) electrons. The van der Waals surface area contributed by atoms with Crippen LogP contribution in [0.15, 0.2) is 4.42 Å². The quantitative estimate of drug-likeness (QED) is 0.673. The van der Waals surface area contributed by atoms with Gasteiger partial charge in [0, 0.05) is 6.54 Å². The van der Waals surface area contributed by atoms with Crippen molar-refractivity contribution in [1.82, 2.24) is 15.5 Å². The molecule has 2 N–H and O–H groups in total. The van der Waals surface area contributed by atoms with Crippen molar-refractivity contribution in [2.45, 2.75) is 58.4 Å². The van der Waals surface area contributed by atoms with Crippen LogP contribution >= 0.6 is 0 Å². The molecule has 1 aliphatic rings. The van der Waals surface area contributed by atoms with E-state index in [0.29, 0.717) is 18.5 Å². The third kappa shape index (κ3) is 5.19. The summed E-state index contributed by atoms with van der Waals surface area (Å²) in [4.78, 5) is 0. The van der Waals surface area contributed by atoms with Crippen molar-refractivity contribution in [2.24, 2.45) is 5.92 Å². The Bertz CT molecular complexity index is 347. The maximum atomic E-state index is 5.51. The average molecular weight is 266 g/mol. The molecule has 0 atom stereocenters. The molecule has 0 unspecified atom stereocenters. The Morgan fingerprint density at radius 1 is 1.21 bits per heavy atom. The first-order chi connectivity index (χ1) is 9.38. The lowest BCUT2D eigenvalue weighted by Gasteiger charge is -2.07. The number of anilines is 1. The van der Waals surface area contributed by atoms with Crippen LogP contribution < -0.4 is 10.6 Å². The SMILES string of the molecule is CCCNCc1nnc(NCCCC2CCCC2)o1. The zero-order valence-electron chi connectivity index (χ0n) is 12.0. The summed E-state index contributed by atoms with van der Waals surface area (Å²) in [5, 5.41) is 14.5. The molecule has 108 valence electrons. The van der Waals surface area contributed by atoms with E-state index in [9.17, 15) is 0 Å². The molecule has 0 aliphatic heterocycles. The van der Waals surface area contributed by atoms with E-state index < -0.39 is 0 Å². The standard InChI is InChI=1S/C14H26N4O/c1-2-9-15-11-13-17-18-14(19-13)16-10-5-8-12-6-3-4-7-12/h12,15H,2-11H2,1H3,(H,16,18). The zero-order valence-corrected chi connectivity index (χ0v) is 12.0. The first-order valence-electron chi connectivity index (χ1n) is 7.65. The summed E-state index contributed by atoms with van der Waals surface area (Å²) < 4.78 is 5.51. The van der Waals surface area contributed by atoms with Crippen molar-refractivity contribution in [1.29, 1.82) is 0 Å². The number of rotatable bonds is 9. The highest BCUT2D eigenvalue weighted by Gasteiger charge is 2.14. The van der Waals surface area contributed by atoms with Gasteiger partial charge in [0.2, 0.25) is 5.89 Å². The fourth-order valence-electron chi connectivity index (χ4n) is 2.65. The Kier molecular flexibility index (Phi) is 6.14. The number of nitrogens with one attached hydrogen (secondary N) is 2. The van der Waals surface area contributed by atoms with Gasteiger partial charge in [-0.2, -0.15) is 0 Å². The van der Waals surface area contributed by atoms with E-state index in [2.05, 4.69) is 27.8 Å². The molecule has 1 aliphatic carbocycles. The molecule has 0 aromatic carbocycles. The molecule has 1 fully saturated rings. The Hall–Kier alpha value is -1.10. The molecule has 1 aromatic rings. The molecule has 0 amide bonds. The van der Waals surface area contributed by atoms with Crippen LogP contribution in [0.25, 0.3) is 0 Å². The molecule has 0 bridgehead atoms. The van der Waals surface area contributed by atoms with E-state index in [1.165, 1.54) is 38.5 Å². The van der Waals surface area contributed by atoms with Crippen molar-refractivity contribution in [3.63, 3.8) is 0 Å². The van der Waals surface area contributed by atoms with E-state index in [4.69, 9.17) is 4.42 Å². The second kappa shape index (κ2) is 8.15. The molecule has 1 heterocycles. The molecule has 1 saturated carbocycles. The summed E-state index contributed by atoms with van der Waals surface area (Å²) in [7, 11) is 0. The summed E-state index contributed by atoms with van der Waals surface area (Å²) in [5.41, 5.74) is 0. The number of hydrogen-bond acceptors (Lipinski definition) is 5. The van der Waals surface area contributed by atoms with Crippen LogP contribution in [0, 0.1) is 5.92 Å². The van der Waals surface area contributed by atoms with Crippen LogP contribution in [0.3, 0.4) is 0 Å². The predicted molar refractivity (Wildman–Crippen MR) is 76.0 cm³/mol. The van der Waals surface area contributed by atoms with Crippen LogP contribution in [0.4, 0.5) is 6.01 Å². The Morgan fingerprint density at radius 2 is 2.05 bits per heavy atom. The van der Waals surface area contributed by atoms with Crippen molar-refractivity contribution in [3.8, 4) is 0 Å². The van der Waals surface area contributed by atoms with Crippen LogP contribution in [-0.2, 0) is 6.54 Å². The Morgan fingerprint density at radius 3 is 2.84 bits per heavy atom. The van der Waals surface area contributed by atoms with Gasteiger partial charge in [-0.1, -0.05) is 37.7 Å². The molecule has 1 aromatic heterocycles. The van der Waals surface area contributed by atoms with Crippen LogP contribution in [0.1, 0.15) is 57.8 Å². The number of nitrogens with zero attached hydrogens (tertiary/aromatic N) is 2. The highest BCUT2D eigenvalue weighted by Crippen LogP contribution is 2.28. The number of aromatic nitrogens is 2. The van der Waals surface area contributed by atoms with Gasteiger partial charge in [-0.05, 0) is 31.7 Å². The molecule has 5 heteroatoms. The van der Waals surface area contributed by atoms with Gasteiger partial charge in [0.25, 0.3) is 0 Å². The molecule has 0 saturated heterocycles. The fourth-order valence-corrected chi connectivity index (χ4v) is 2.65. The predicted octanol–water partition coefficient (Wildman–Crippen LogP) is 2.95. The summed E-state index contributed by atoms with van der Waals surface area (Å²) in [6.07, 6.45) is 9.33. The van der Waals surface area contributed by atoms with E-state index in [-0.39, 0.29) is 0 Å². The van der Waals surface area contributed by atoms with E-state index >= 15 is 0 Å². The highest BCUT2D eigenvalue weighted by molar-refractivity contribution is 5.16. The molecule has 19 heavy (non-hydrogen) atoms. The summed E-state index contributed by atoms with van der Waals surface area (Å²) >= 11 is 0. The van der Waals surface area contributed by atoms with Gasteiger partial charge in [0.15, 0.2) is 0 Å². The summed E-state index contributed by atoms with van der Waals surface area (Å²) in [6.45, 7) is 4.70. The lowest BCUT2D eigenvalue weighted by molar-refractivity contribution is 0.469. The normalized spacial score (nSPS) is 16.1. The third-order valence-electron chi connectivity index (χ3n) is 3.71. The van der Waals surface area contributed by atoms with Crippen molar-refractivity contribution < 1.29 is 4.42 Å². The lowest BCUT2D eigenvalue weighted by Crippen LogP contribution is -2.13. The second-order valence-corrected chi connectivity index (χ2v) is 5.40. The van der Waals surface area contributed by atoms with Gasteiger partial charge in [-0.15, -0.1) is 5.10 Å². The molecule has 5 nitrogen and oxygen atoms in total. The topological polar surface area (TPSA) is 63.0 Å². The summed E-state index contributed by atoms with van der Waals surface area (Å²) in [5.74, 6) is 1.62. The Balaban J connectivity index is 1.57. The lowest BCUT2D eigenvalue weighted by atomic mass is 10.0. The number of hydrogen-bond donors (Lipinski definition) is 2. The van der Waals surface area contributed by atoms with Crippen LogP contribution in [0.2, 0.25) is 0 Å². The maximum absolute atomic E-state index is 5.51. The van der Waals surface area contributed by atoms with Crippen molar-refractivity contribution >= 4 is 6.01 Å². The molecule has 2 rings (SSSR count). The molecule has 0 spiro atoms.